The first-order chi connectivity index (χ1) is 8.74. The molecule has 1 aliphatic rings. The lowest BCUT2D eigenvalue weighted by molar-refractivity contribution is -0.138. The largest absolute Gasteiger partial charge is 0.341 e. The van der Waals surface area contributed by atoms with Crippen LogP contribution in [-0.4, -0.2) is 55.5 Å². The van der Waals surface area contributed by atoms with Crippen molar-refractivity contribution < 1.29 is 4.79 Å². The first-order valence-electron chi connectivity index (χ1n) is 7.40. The molecule has 2 N–H and O–H groups in total. The van der Waals surface area contributed by atoms with E-state index in [1.165, 1.54) is 6.42 Å². The van der Waals surface area contributed by atoms with Crippen LogP contribution in [0, 0.1) is 11.3 Å². The normalized spacial score (nSPS) is 22.7. The van der Waals surface area contributed by atoms with Crippen molar-refractivity contribution in [2.75, 3.05) is 33.7 Å². The smallest absolute Gasteiger partial charge is 0.227 e. The molecular formula is C15H31N3O. The topological polar surface area (TPSA) is 49.6 Å². The average molecular weight is 269 g/mol. The number of likely N-dealkylation sites (N-methyl/N-ethyl adjacent to an activating group) is 1. The van der Waals surface area contributed by atoms with Gasteiger partial charge in [0.15, 0.2) is 0 Å². The van der Waals surface area contributed by atoms with Crippen LogP contribution < -0.4 is 5.73 Å². The van der Waals surface area contributed by atoms with Crippen molar-refractivity contribution in [3.8, 4) is 0 Å². The maximum Gasteiger partial charge on any atom is 0.227 e. The Balaban J connectivity index is 2.64. The van der Waals surface area contributed by atoms with Crippen LogP contribution in [0.4, 0.5) is 0 Å². The van der Waals surface area contributed by atoms with E-state index in [9.17, 15) is 4.79 Å². The van der Waals surface area contributed by atoms with Gasteiger partial charge in [-0.1, -0.05) is 20.8 Å². The second-order valence-corrected chi connectivity index (χ2v) is 7.24. The molecule has 4 nitrogen and oxygen atoms in total. The predicted molar refractivity (Wildman–Crippen MR) is 79.9 cm³/mol. The Labute approximate surface area is 118 Å². The maximum atomic E-state index is 12.6. The van der Waals surface area contributed by atoms with E-state index >= 15 is 0 Å². The number of carbonyl (C=O) groups is 1. The number of rotatable bonds is 4. The van der Waals surface area contributed by atoms with Gasteiger partial charge < -0.3 is 15.5 Å². The lowest BCUT2D eigenvalue weighted by Crippen LogP contribution is -2.50. The molecule has 19 heavy (non-hydrogen) atoms. The monoisotopic (exact) mass is 269 g/mol. The lowest BCUT2D eigenvalue weighted by Gasteiger charge is -2.38. The molecule has 1 aliphatic heterocycles. The van der Waals surface area contributed by atoms with Crippen LogP contribution in [-0.2, 0) is 4.79 Å². The minimum atomic E-state index is -0.0269. The van der Waals surface area contributed by atoms with Crippen molar-refractivity contribution in [2.45, 2.75) is 46.1 Å². The summed E-state index contributed by atoms with van der Waals surface area (Å²) in [6.07, 6.45) is 3.15. The van der Waals surface area contributed by atoms with Gasteiger partial charge >= 0.3 is 0 Å². The molecule has 1 rings (SSSR count). The Morgan fingerprint density at radius 1 is 1.42 bits per heavy atom. The van der Waals surface area contributed by atoms with E-state index in [4.69, 9.17) is 5.73 Å². The molecule has 0 aliphatic carbocycles. The number of nitrogens with two attached hydrogens (primary N) is 1. The standard InChI is InChI=1S/C15H31N3O/c1-15(2,3)9-12(10-16)14(19)18-8-6-7-13(11-18)17(4)5/h12-13H,6-11,16H2,1-5H3. The van der Waals surface area contributed by atoms with Crippen molar-refractivity contribution in [3.63, 3.8) is 0 Å². The molecule has 0 radical (unpaired) electrons. The highest BCUT2D eigenvalue weighted by Crippen LogP contribution is 2.26. The van der Waals surface area contributed by atoms with E-state index in [0.717, 1.165) is 25.9 Å². The van der Waals surface area contributed by atoms with Gasteiger partial charge in [-0.15, -0.1) is 0 Å². The van der Waals surface area contributed by atoms with E-state index in [-0.39, 0.29) is 17.2 Å². The quantitative estimate of drug-likeness (QED) is 0.842. The molecule has 0 aromatic heterocycles. The molecule has 0 aromatic rings. The lowest BCUT2D eigenvalue weighted by atomic mass is 9.83. The average Bonchev–Trinajstić information content (AvgIpc) is 2.34. The van der Waals surface area contributed by atoms with Crippen LogP contribution in [0.5, 0.6) is 0 Å². The summed E-state index contributed by atoms with van der Waals surface area (Å²) in [5.41, 5.74) is 5.97. The zero-order valence-electron chi connectivity index (χ0n) is 13.3. The summed E-state index contributed by atoms with van der Waals surface area (Å²) in [6, 6.07) is 0.491. The Bertz CT molecular complexity index is 296. The highest BCUT2D eigenvalue weighted by Gasteiger charge is 2.31. The van der Waals surface area contributed by atoms with Gasteiger partial charge in [-0.2, -0.15) is 0 Å². The van der Waals surface area contributed by atoms with Crippen molar-refractivity contribution in [1.82, 2.24) is 9.80 Å². The fourth-order valence-electron chi connectivity index (χ4n) is 2.85. The zero-order chi connectivity index (χ0) is 14.6. The molecule has 0 spiro atoms. The molecule has 1 fully saturated rings. The fraction of sp³-hybridized carbons (Fsp3) is 0.933. The molecular weight excluding hydrogens is 238 g/mol. The number of nitrogens with zero attached hydrogens (tertiary/aromatic N) is 2. The minimum Gasteiger partial charge on any atom is -0.341 e. The third kappa shape index (κ3) is 5.11. The molecule has 112 valence electrons. The Morgan fingerprint density at radius 3 is 2.53 bits per heavy atom. The number of hydrogen-bond acceptors (Lipinski definition) is 3. The Morgan fingerprint density at radius 2 is 2.05 bits per heavy atom. The van der Waals surface area contributed by atoms with Crippen LogP contribution in [0.15, 0.2) is 0 Å². The Kier molecular flexibility index (Phi) is 5.81. The Hall–Kier alpha value is -0.610. The molecule has 0 aromatic carbocycles. The highest BCUT2D eigenvalue weighted by molar-refractivity contribution is 5.79. The molecule has 0 bridgehead atoms. The summed E-state index contributed by atoms with van der Waals surface area (Å²) in [5.74, 6) is 0.227. The number of piperidine rings is 1. The van der Waals surface area contributed by atoms with Crippen LogP contribution >= 0.6 is 0 Å². The fourth-order valence-corrected chi connectivity index (χ4v) is 2.85. The molecule has 2 unspecified atom stereocenters. The van der Waals surface area contributed by atoms with Gasteiger partial charge in [-0.05, 0) is 38.8 Å². The van der Waals surface area contributed by atoms with Gasteiger partial charge in [0.2, 0.25) is 5.91 Å². The summed E-state index contributed by atoms with van der Waals surface area (Å²) < 4.78 is 0. The zero-order valence-corrected chi connectivity index (χ0v) is 13.3. The van der Waals surface area contributed by atoms with E-state index < -0.39 is 0 Å². The van der Waals surface area contributed by atoms with Gasteiger partial charge in [-0.3, -0.25) is 4.79 Å². The summed E-state index contributed by atoms with van der Waals surface area (Å²) in [5, 5.41) is 0. The van der Waals surface area contributed by atoms with Crippen LogP contribution in [0.2, 0.25) is 0 Å². The molecule has 4 heteroatoms. The first kappa shape index (κ1) is 16.4. The van der Waals surface area contributed by atoms with Crippen LogP contribution in [0.1, 0.15) is 40.0 Å². The van der Waals surface area contributed by atoms with Crippen LogP contribution in [0.3, 0.4) is 0 Å². The SMILES string of the molecule is CN(C)C1CCCN(C(=O)C(CN)CC(C)(C)C)C1. The summed E-state index contributed by atoms with van der Waals surface area (Å²) >= 11 is 0. The summed E-state index contributed by atoms with van der Waals surface area (Å²) in [4.78, 5) is 16.9. The van der Waals surface area contributed by atoms with Gasteiger partial charge in [0.1, 0.15) is 0 Å². The van der Waals surface area contributed by atoms with E-state index in [2.05, 4.69) is 39.8 Å². The first-order valence-corrected chi connectivity index (χ1v) is 7.40. The number of hydrogen-bond donors (Lipinski definition) is 1. The van der Waals surface area contributed by atoms with Crippen molar-refractivity contribution in [1.29, 1.82) is 0 Å². The second-order valence-electron chi connectivity index (χ2n) is 7.24. The number of likely N-dealkylation sites (tertiary alicyclic amines) is 1. The second kappa shape index (κ2) is 6.71. The maximum absolute atomic E-state index is 12.6. The number of carbonyl (C=O) groups excluding carboxylic acids is 1. The van der Waals surface area contributed by atoms with Crippen molar-refractivity contribution >= 4 is 5.91 Å². The van der Waals surface area contributed by atoms with E-state index in [0.29, 0.717) is 12.6 Å². The van der Waals surface area contributed by atoms with Crippen LogP contribution in [0.25, 0.3) is 0 Å². The van der Waals surface area contributed by atoms with Gasteiger partial charge in [0, 0.05) is 25.7 Å². The summed E-state index contributed by atoms with van der Waals surface area (Å²) in [6.45, 7) is 8.71. The van der Waals surface area contributed by atoms with Crippen molar-refractivity contribution in [3.05, 3.63) is 0 Å². The minimum absolute atomic E-state index is 0.0269. The van der Waals surface area contributed by atoms with E-state index in [1.807, 2.05) is 4.90 Å². The van der Waals surface area contributed by atoms with E-state index in [1.54, 1.807) is 0 Å². The van der Waals surface area contributed by atoms with Crippen molar-refractivity contribution in [2.24, 2.45) is 17.1 Å². The molecule has 2 atom stereocenters. The molecule has 1 saturated heterocycles. The van der Waals surface area contributed by atoms with Gasteiger partial charge in [0.25, 0.3) is 0 Å². The summed E-state index contributed by atoms with van der Waals surface area (Å²) in [7, 11) is 4.18. The predicted octanol–water partition coefficient (Wildman–Crippen LogP) is 1.55. The third-order valence-corrected chi connectivity index (χ3v) is 3.93. The highest BCUT2D eigenvalue weighted by atomic mass is 16.2. The number of amides is 1. The van der Waals surface area contributed by atoms with Gasteiger partial charge in [0.05, 0.1) is 5.92 Å². The molecule has 1 amide bonds. The molecule has 1 heterocycles. The van der Waals surface area contributed by atoms with Gasteiger partial charge in [-0.25, -0.2) is 0 Å². The molecule has 0 saturated carbocycles. The third-order valence-electron chi connectivity index (χ3n) is 3.93.